The number of imidazole rings is 1. The monoisotopic (exact) mass is 311 g/mol. The lowest BCUT2D eigenvalue weighted by Crippen LogP contribution is -2.04. The van der Waals surface area contributed by atoms with Crippen molar-refractivity contribution in [2.24, 2.45) is 0 Å². The molecule has 2 N–H and O–H groups in total. The maximum absolute atomic E-state index is 11.4. The van der Waals surface area contributed by atoms with Crippen molar-refractivity contribution < 1.29 is 13.9 Å². The molecule has 2 aromatic heterocycles. The van der Waals surface area contributed by atoms with Crippen molar-refractivity contribution in [2.45, 2.75) is 13.8 Å². The highest BCUT2D eigenvalue weighted by Gasteiger charge is 2.08. The molecule has 3 rings (SSSR count). The number of hydrogen-bond acceptors (Lipinski definition) is 5. The first-order chi connectivity index (χ1) is 11.2. The highest BCUT2D eigenvalue weighted by molar-refractivity contribution is 5.85. The molecule has 6 nitrogen and oxygen atoms in total. The summed E-state index contributed by atoms with van der Waals surface area (Å²) in [5, 5.41) is 3.16. The quantitative estimate of drug-likeness (QED) is 0.554. The number of carbonyl (C=O) groups is 1. The first kappa shape index (κ1) is 14.9. The van der Waals surface area contributed by atoms with E-state index in [1.54, 1.807) is 13.2 Å². The Morgan fingerprint density at radius 3 is 3.04 bits per heavy atom. The summed E-state index contributed by atoms with van der Waals surface area (Å²) in [4.78, 5) is 19.1. The lowest BCUT2D eigenvalue weighted by molar-refractivity contribution is -0.137. The van der Waals surface area contributed by atoms with Crippen molar-refractivity contribution >= 4 is 22.7 Å². The van der Waals surface area contributed by atoms with Gasteiger partial charge in [0.1, 0.15) is 0 Å². The summed E-state index contributed by atoms with van der Waals surface area (Å²) >= 11 is 0. The number of rotatable bonds is 5. The van der Waals surface area contributed by atoms with Crippen molar-refractivity contribution in [1.82, 2.24) is 9.97 Å². The fraction of sp³-hybridized carbons (Fsp3) is 0.176. The van der Waals surface area contributed by atoms with Gasteiger partial charge in [-0.05, 0) is 44.2 Å². The number of H-pyrrole nitrogens is 1. The van der Waals surface area contributed by atoms with Gasteiger partial charge in [-0.25, -0.2) is 9.78 Å². The molecule has 0 aliphatic carbocycles. The third-order valence-corrected chi connectivity index (χ3v) is 3.20. The average Bonchev–Trinajstić information content (AvgIpc) is 3.15. The van der Waals surface area contributed by atoms with E-state index in [4.69, 9.17) is 9.15 Å². The molecule has 0 atom stereocenters. The highest BCUT2D eigenvalue weighted by Crippen LogP contribution is 2.23. The molecular weight excluding hydrogens is 294 g/mol. The van der Waals surface area contributed by atoms with Gasteiger partial charge in [-0.1, -0.05) is 0 Å². The van der Waals surface area contributed by atoms with Gasteiger partial charge in [0.05, 0.1) is 23.9 Å². The minimum Gasteiger partial charge on any atom is -0.463 e. The number of fused-ring (bicyclic) bond motifs is 1. The number of hydrogen-bond donors (Lipinski definition) is 2. The topological polar surface area (TPSA) is 80.2 Å². The molecule has 6 heteroatoms. The number of ether oxygens (including phenoxy) is 1. The molecule has 23 heavy (non-hydrogen) atoms. The lowest BCUT2D eigenvalue weighted by atomic mass is 10.2. The molecule has 0 radical (unpaired) electrons. The van der Waals surface area contributed by atoms with Crippen molar-refractivity contribution in [3.8, 4) is 11.6 Å². The normalized spacial score (nSPS) is 11.7. The van der Waals surface area contributed by atoms with E-state index in [1.165, 1.54) is 6.08 Å². The largest absolute Gasteiger partial charge is 0.463 e. The molecule has 0 saturated carbocycles. The van der Waals surface area contributed by atoms with Crippen LogP contribution >= 0.6 is 0 Å². The Labute approximate surface area is 133 Å². The van der Waals surface area contributed by atoms with Crippen LogP contribution in [-0.4, -0.2) is 22.5 Å². The number of benzene rings is 1. The van der Waals surface area contributed by atoms with Crippen LogP contribution in [0.3, 0.4) is 0 Å². The summed E-state index contributed by atoms with van der Waals surface area (Å²) in [6.07, 6.45) is 3.04. The lowest BCUT2D eigenvalue weighted by Gasteiger charge is -2.06. The minimum absolute atomic E-state index is 0.359. The summed E-state index contributed by atoms with van der Waals surface area (Å²) < 4.78 is 10.2. The smallest absolute Gasteiger partial charge is 0.332 e. The molecule has 1 aromatic carbocycles. The Hall–Kier alpha value is -3.02. The number of nitrogens with zero attached hydrogens (tertiary/aromatic N) is 1. The van der Waals surface area contributed by atoms with Crippen molar-refractivity contribution in [2.75, 3.05) is 11.9 Å². The van der Waals surface area contributed by atoms with Crippen molar-refractivity contribution in [3.05, 3.63) is 48.4 Å². The molecule has 0 unspecified atom stereocenters. The number of nitrogens with one attached hydrogen (secondary N) is 2. The van der Waals surface area contributed by atoms with Gasteiger partial charge in [0, 0.05) is 17.5 Å². The van der Waals surface area contributed by atoms with E-state index in [0.717, 1.165) is 16.7 Å². The Kier molecular flexibility index (Phi) is 4.14. The second-order valence-electron chi connectivity index (χ2n) is 5.00. The number of aromatic nitrogens is 2. The molecule has 3 aromatic rings. The van der Waals surface area contributed by atoms with Crippen LogP contribution in [0.1, 0.15) is 13.8 Å². The van der Waals surface area contributed by atoms with Crippen LogP contribution in [0.25, 0.3) is 22.6 Å². The number of anilines is 1. The van der Waals surface area contributed by atoms with Crippen LogP contribution in [0.4, 0.5) is 5.69 Å². The summed E-state index contributed by atoms with van der Waals surface area (Å²) in [6.45, 7) is 3.94. The van der Waals surface area contributed by atoms with E-state index in [2.05, 4.69) is 15.3 Å². The molecule has 2 heterocycles. The number of esters is 1. The average molecular weight is 311 g/mol. The van der Waals surface area contributed by atoms with E-state index in [9.17, 15) is 4.79 Å². The first-order valence-corrected chi connectivity index (χ1v) is 7.31. The minimum atomic E-state index is -0.361. The maximum Gasteiger partial charge on any atom is 0.332 e. The molecule has 0 saturated heterocycles. The van der Waals surface area contributed by atoms with Gasteiger partial charge in [-0.15, -0.1) is 0 Å². The Morgan fingerprint density at radius 2 is 2.30 bits per heavy atom. The van der Waals surface area contributed by atoms with Crippen LogP contribution < -0.4 is 5.32 Å². The predicted molar refractivity (Wildman–Crippen MR) is 87.8 cm³/mol. The van der Waals surface area contributed by atoms with Gasteiger partial charge in [-0.3, -0.25) is 0 Å². The SMILES string of the molecule is CCOC(=O)C=C(C)Nc1ccc2nc(-c3ccco3)[nH]c2c1. The number of furan rings is 1. The van der Waals surface area contributed by atoms with Gasteiger partial charge in [0.15, 0.2) is 11.6 Å². The van der Waals surface area contributed by atoms with Gasteiger partial charge in [0.25, 0.3) is 0 Å². The van der Waals surface area contributed by atoms with Crippen LogP contribution in [0, 0.1) is 0 Å². The standard InChI is InChI=1S/C17H17N3O3/c1-3-22-16(21)9-11(2)18-12-6-7-13-14(10-12)20-17(19-13)15-5-4-8-23-15/h4-10,18H,3H2,1-2H3,(H,19,20). The zero-order valence-electron chi connectivity index (χ0n) is 12.9. The summed E-state index contributed by atoms with van der Waals surface area (Å²) in [5.74, 6) is 1.01. The van der Waals surface area contributed by atoms with Crippen LogP contribution in [-0.2, 0) is 9.53 Å². The second-order valence-corrected chi connectivity index (χ2v) is 5.00. The molecule has 0 amide bonds. The highest BCUT2D eigenvalue weighted by atomic mass is 16.5. The third-order valence-electron chi connectivity index (χ3n) is 3.20. The Morgan fingerprint density at radius 1 is 1.43 bits per heavy atom. The van der Waals surface area contributed by atoms with E-state index in [1.807, 2.05) is 37.3 Å². The van der Waals surface area contributed by atoms with Crippen LogP contribution in [0.2, 0.25) is 0 Å². The van der Waals surface area contributed by atoms with Crippen LogP contribution in [0.15, 0.2) is 52.8 Å². The molecule has 0 bridgehead atoms. The zero-order valence-corrected chi connectivity index (χ0v) is 12.9. The van der Waals surface area contributed by atoms with E-state index >= 15 is 0 Å². The van der Waals surface area contributed by atoms with Gasteiger partial charge < -0.3 is 19.5 Å². The fourth-order valence-corrected chi connectivity index (χ4v) is 2.24. The number of aromatic amines is 1. The number of allylic oxidation sites excluding steroid dienone is 1. The first-order valence-electron chi connectivity index (χ1n) is 7.31. The van der Waals surface area contributed by atoms with Crippen LogP contribution in [0.5, 0.6) is 0 Å². The van der Waals surface area contributed by atoms with Crippen molar-refractivity contribution in [1.29, 1.82) is 0 Å². The fourth-order valence-electron chi connectivity index (χ4n) is 2.24. The molecular formula is C17H17N3O3. The zero-order chi connectivity index (χ0) is 16.2. The Balaban J connectivity index is 1.81. The maximum atomic E-state index is 11.4. The predicted octanol–water partition coefficient (Wildman–Crippen LogP) is 3.70. The molecule has 0 aliphatic rings. The second kappa shape index (κ2) is 6.39. The summed E-state index contributed by atoms with van der Waals surface area (Å²) in [6, 6.07) is 9.40. The van der Waals surface area contributed by atoms with E-state index < -0.39 is 0 Å². The third kappa shape index (κ3) is 3.42. The summed E-state index contributed by atoms with van der Waals surface area (Å²) in [5.41, 5.74) is 3.28. The number of carbonyl (C=O) groups excluding carboxylic acids is 1. The molecule has 0 aliphatic heterocycles. The van der Waals surface area contributed by atoms with Crippen molar-refractivity contribution in [3.63, 3.8) is 0 Å². The Bertz CT molecular complexity index is 847. The molecule has 118 valence electrons. The van der Waals surface area contributed by atoms with E-state index in [0.29, 0.717) is 23.9 Å². The summed E-state index contributed by atoms with van der Waals surface area (Å²) in [7, 11) is 0. The molecule has 0 fully saturated rings. The van der Waals surface area contributed by atoms with Gasteiger partial charge in [-0.2, -0.15) is 0 Å². The van der Waals surface area contributed by atoms with Gasteiger partial charge in [0.2, 0.25) is 0 Å². The van der Waals surface area contributed by atoms with E-state index in [-0.39, 0.29) is 5.97 Å². The van der Waals surface area contributed by atoms with Gasteiger partial charge >= 0.3 is 5.97 Å². The molecule has 0 spiro atoms.